The van der Waals surface area contributed by atoms with Crippen molar-refractivity contribution in [3.63, 3.8) is 0 Å². The van der Waals surface area contributed by atoms with Crippen molar-refractivity contribution in [3.8, 4) is 11.5 Å². The first-order chi connectivity index (χ1) is 10.5. The van der Waals surface area contributed by atoms with Crippen LogP contribution in [0.1, 0.15) is 12.5 Å². The highest BCUT2D eigenvalue weighted by molar-refractivity contribution is 9.10. The van der Waals surface area contributed by atoms with Crippen molar-refractivity contribution in [3.05, 3.63) is 46.4 Å². The molecule has 7 heteroatoms. The highest BCUT2D eigenvalue weighted by atomic mass is 79.9. The van der Waals surface area contributed by atoms with Gasteiger partial charge < -0.3 is 9.47 Å². The Morgan fingerprint density at radius 3 is 2.68 bits per heavy atom. The predicted molar refractivity (Wildman–Crippen MR) is 86.9 cm³/mol. The lowest BCUT2D eigenvalue weighted by atomic mass is 10.2. The van der Waals surface area contributed by atoms with Gasteiger partial charge in [-0.1, -0.05) is 22.9 Å². The van der Waals surface area contributed by atoms with Crippen LogP contribution in [0.3, 0.4) is 0 Å². The fourth-order valence-electron chi connectivity index (χ4n) is 2.26. The zero-order valence-corrected chi connectivity index (χ0v) is 14.2. The average molecular weight is 384 g/mol. The molecule has 0 saturated heterocycles. The number of aryl methyl sites for hydroxylation is 1. The molecule has 1 N–H and O–H groups in total. The number of hydrogen-bond donors (Lipinski definition) is 1. The summed E-state index contributed by atoms with van der Waals surface area (Å²) in [5.41, 5.74) is 1.19. The Labute approximate surface area is 137 Å². The van der Waals surface area contributed by atoms with Crippen LogP contribution < -0.4 is 14.2 Å². The predicted octanol–water partition coefficient (Wildman–Crippen LogP) is 3.54. The second kappa shape index (κ2) is 5.81. The van der Waals surface area contributed by atoms with Gasteiger partial charge in [0.1, 0.15) is 0 Å². The molecule has 0 atom stereocenters. The first-order valence-electron chi connectivity index (χ1n) is 6.70. The van der Waals surface area contributed by atoms with Crippen LogP contribution in [0.25, 0.3) is 0 Å². The van der Waals surface area contributed by atoms with Gasteiger partial charge in [0.15, 0.2) is 11.5 Å². The summed E-state index contributed by atoms with van der Waals surface area (Å²) < 4.78 is 39.1. The van der Waals surface area contributed by atoms with Crippen molar-refractivity contribution in [2.24, 2.45) is 0 Å². The van der Waals surface area contributed by atoms with Crippen molar-refractivity contribution in [1.82, 2.24) is 0 Å². The summed E-state index contributed by atoms with van der Waals surface area (Å²) in [6, 6.07) is 10.1. The second-order valence-corrected chi connectivity index (χ2v) is 7.35. The number of sulfonamides is 1. The second-order valence-electron chi connectivity index (χ2n) is 4.78. The van der Waals surface area contributed by atoms with Gasteiger partial charge in [-0.2, -0.15) is 0 Å². The molecule has 1 aliphatic heterocycles. The third-order valence-electron chi connectivity index (χ3n) is 3.32. The highest BCUT2D eigenvalue weighted by Crippen LogP contribution is 2.35. The summed E-state index contributed by atoms with van der Waals surface area (Å²) in [5, 5.41) is 0. The normalized spacial score (nSPS) is 13.2. The van der Waals surface area contributed by atoms with Gasteiger partial charge in [0.25, 0.3) is 10.0 Å². The summed E-state index contributed by atoms with van der Waals surface area (Å²) in [7, 11) is -3.66. The third kappa shape index (κ3) is 2.91. The molecule has 0 unspecified atom stereocenters. The van der Waals surface area contributed by atoms with Crippen LogP contribution in [-0.4, -0.2) is 15.2 Å². The molecule has 22 heavy (non-hydrogen) atoms. The molecule has 2 aromatic rings. The Bertz CT molecular complexity index is 820. The number of hydrogen-bond acceptors (Lipinski definition) is 4. The zero-order chi connectivity index (χ0) is 15.7. The van der Waals surface area contributed by atoms with E-state index in [0.717, 1.165) is 10.0 Å². The van der Waals surface area contributed by atoms with E-state index in [4.69, 9.17) is 9.47 Å². The van der Waals surface area contributed by atoms with Gasteiger partial charge in [-0.15, -0.1) is 0 Å². The molecule has 1 aliphatic rings. The van der Waals surface area contributed by atoms with Crippen LogP contribution in [0.2, 0.25) is 0 Å². The van der Waals surface area contributed by atoms with Crippen molar-refractivity contribution in [2.45, 2.75) is 18.2 Å². The topological polar surface area (TPSA) is 64.6 Å². The number of rotatable bonds is 4. The molecule has 0 saturated carbocycles. The lowest BCUT2D eigenvalue weighted by molar-refractivity contribution is 0.174. The summed E-state index contributed by atoms with van der Waals surface area (Å²) in [6.07, 6.45) is 0.622. The number of ether oxygens (including phenoxy) is 2. The first kappa shape index (κ1) is 15.2. The van der Waals surface area contributed by atoms with Crippen LogP contribution in [-0.2, 0) is 16.4 Å². The van der Waals surface area contributed by atoms with E-state index in [1.54, 1.807) is 30.3 Å². The monoisotopic (exact) mass is 383 g/mol. The smallest absolute Gasteiger partial charge is 0.262 e. The SMILES string of the molecule is CCc1cc(Br)ccc1S(=O)(=O)Nc1ccc2c(c1)OCO2. The Hall–Kier alpha value is -1.73. The minimum atomic E-state index is -3.66. The molecule has 116 valence electrons. The fourth-order valence-corrected chi connectivity index (χ4v) is 4.01. The summed E-state index contributed by atoms with van der Waals surface area (Å²) >= 11 is 3.36. The lowest BCUT2D eigenvalue weighted by Crippen LogP contribution is -2.14. The quantitative estimate of drug-likeness (QED) is 0.876. The maximum atomic E-state index is 12.6. The van der Waals surface area contributed by atoms with Crippen LogP contribution in [0.15, 0.2) is 45.8 Å². The number of fused-ring (bicyclic) bond motifs is 1. The molecule has 0 aliphatic carbocycles. The Kier molecular flexibility index (Phi) is 4.01. The minimum Gasteiger partial charge on any atom is -0.454 e. The number of nitrogens with one attached hydrogen (secondary N) is 1. The molecule has 2 aromatic carbocycles. The van der Waals surface area contributed by atoms with E-state index >= 15 is 0 Å². The molecule has 0 bridgehead atoms. The van der Waals surface area contributed by atoms with E-state index in [-0.39, 0.29) is 11.7 Å². The fraction of sp³-hybridized carbons (Fsp3) is 0.200. The van der Waals surface area contributed by atoms with E-state index < -0.39 is 10.0 Å². The maximum absolute atomic E-state index is 12.6. The van der Waals surface area contributed by atoms with Crippen molar-refractivity contribution in [1.29, 1.82) is 0 Å². The van der Waals surface area contributed by atoms with Crippen molar-refractivity contribution in [2.75, 3.05) is 11.5 Å². The Morgan fingerprint density at radius 1 is 1.14 bits per heavy atom. The zero-order valence-electron chi connectivity index (χ0n) is 11.8. The first-order valence-corrected chi connectivity index (χ1v) is 8.98. The molecule has 3 rings (SSSR count). The Balaban J connectivity index is 1.94. The molecular weight excluding hydrogens is 370 g/mol. The maximum Gasteiger partial charge on any atom is 0.262 e. The van der Waals surface area contributed by atoms with Gasteiger partial charge in [-0.05, 0) is 42.3 Å². The van der Waals surface area contributed by atoms with Gasteiger partial charge >= 0.3 is 0 Å². The van der Waals surface area contributed by atoms with Gasteiger partial charge in [0, 0.05) is 10.5 Å². The van der Waals surface area contributed by atoms with Crippen molar-refractivity contribution < 1.29 is 17.9 Å². The third-order valence-corrected chi connectivity index (χ3v) is 5.29. The van der Waals surface area contributed by atoms with Gasteiger partial charge in [-0.3, -0.25) is 4.72 Å². The van der Waals surface area contributed by atoms with Gasteiger partial charge in [0.2, 0.25) is 6.79 Å². The van der Waals surface area contributed by atoms with Crippen LogP contribution in [0.5, 0.6) is 11.5 Å². The average Bonchev–Trinajstić information content (AvgIpc) is 2.93. The lowest BCUT2D eigenvalue weighted by Gasteiger charge is -2.12. The minimum absolute atomic E-state index is 0.151. The highest BCUT2D eigenvalue weighted by Gasteiger charge is 2.20. The van der Waals surface area contributed by atoms with Crippen LogP contribution >= 0.6 is 15.9 Å². The van der Waals surface area contributed by atoms with Crippen LogP contribution in [0, 0.1) is 0 Å². The van der Waals surface area contributed by atoms with E-state index in [1.165, 1.54) is 0 Å². The standard InChI is InChI=1S/C15H14BrNO4S/c1-2-10-7-11(16)3-6-15(10)22(18,19)17-12-4-5-13-14(8-12)21-9-20-13/h3-8,17H,2,9H2,1H3. The van der Waals surface area contributed by atoms with E-state index in [9.17, 15) is 8.42 Å². The largest absolute Gasteiger partial charge is 0.454 e. The van der Waals surface area contributed by atoms with Gasteiger partial charge in [-0.25, -0.2) is 8.42 Å². The molecule has 0 radical (unpaired) electrons. The molecule has 0 amide bonds. The van der Waals surface area contributed by atoms with Crippen LogP contribution in [0.4, 0.5) is 5.69 Å². The molecule has 5 nitrogen and oxygen atoms in total. The molecular formula is C15H14BrNO4S. The summed E-state index contributed by atoms with van der Waals surface area (Å²) in [5.74, 6) is 1.15. The summed E-state index contributed by atoms with van der Waals surface area (Å²) in [4.78, 5) is 0.274. The summed E-state index contributed by atoms with van der Waals surface area (Å²) in [6.45, 7) is 2.07. The number of benzene rings is 2. The number of anilines is 1. The molecule has 0 fully saturated rings. The van der Waals surface area contributed by atoms with Gasteiger partial charge in [0.05, 0.1) is 10.6 Å². The Morgan fingerprint density at radius 2 is 1.91 bits per heavy atom. The van der Waals surface area contributed by atoms with Crippen molar-refractivity contribution >= 4 is 31.6 Å². The molecule has 1 heterocycles. The van der Waals surface area contributed by atoms with E-state index in [2.05, 4.69) is 20.7 Å². The molecule has 0 spiro atoms. The number of halogens is 1. The van der Waals surface area contributed by atoms with E-state index in [1.807, 2.05) is 13.0 Å². The van der Waals surface area contributed by atoms with E-state index in [0.29, 0.717) is 23.6 Å². The molecule has 0 aromatic heterocycles.